The van der Waals surface area contributed by atoms with Crippen LogP contribution in [0.1, 0.15) is 26.3 Å². The average Bonchev–Trinajstić information content (AvgIpc) is 2.98. The summed E-state index contributed by atoms with van der Waals surface area (Å²) in [5.74, 6) is -0.662. The monoisotopic (exact) mass is 372 g/mol. The highest BCUT2D eigenvalue weighted by Gasteiger charge is 2.36. The Labute approximate surface area is 161 Å². The van der Waals surface area contributed by atoms with Gasteiger partial charge in [0.2, 0.25) is 0 Å². The number of nitrogens with zero attached hydrogens (tertiary/aromatic N) is 2. The number of anilines is 2. The van der Waals surface area contributed by atoms with Gasteiger partial charge in [-0.25, -0.2) is 9.69 Å². The molecule has 7 nitrogen and oxygen atoms in total. The smallest absolute Gasteiger partial charge is 0.319 e. The summed E-state index contributed by atoms with van der Waals surface area (Å²) in [7, 11) is 0. The molecule has 4 amide bonds. The van der Waals surface area contributed by atoms with Crippen LogP contribution < -0.4 is 15.5 Å². The van der Waals surface area contributed by atoms with E-state index in [-0.39, 0.29) is 17.8 Å². The Morgan fingerprint density at radius 1 is 0.893 bits per heavy atom. The molecular weight excluding hydrogens is 356 g/mol. The molecule has 1 aromatic heterocycles. The zero-order chi connectivity index (χ0) is 19.5. The Bertz CT molecular complexity index is 1010. The lowest BCUT2D eigenvalue weighted by Crippen LogP contribution is -2.29. The summed E-state index contributed by atoms with van der Waals surface area (Å²) < 4.78 is 0. The van der Waals surface area contributed by atoms with Crippen molar-refractivity contribution in [2.45, 2.75) is 6.54 Å². The molecule has 1 aliphatic heterocycles. The van der Waals surface area contributed by atoms with Gasteiger partial charge in [-0.2, -0.15) is 0 Å². The third kappa shape index (κ3) is 3.33. The number of pyridine rings is 1. The van der Waals surface area contributed by atoms with Crippen LogP contribution in [-0.4, -0.2) is 22.8 Å². The first-order chi connectivity index (χ1) is 13.6. The minimum atomic E-state index is -0.350. The molecule has 3 aromatic rings. The van der Waals surface area contributed by atoms with Gasteiger partial charge >= 0.3 is 6.03 Å². The quantitative estimate of drug-likeness (QED) is 0.688. The number of carbonyl (C=O) groups is 3. The van der Waals surface area contributed by atoms with Gasteiger partial charge in [0, 0.05) is 12.7 Å². The fraction of sp³-hybridized carbons (Fsp3) is 0.0476. The van der Waals surface area contributed by atoms with E-state index < -0.39 is 0 Å². The van der Waals surface area contributed by atoms with Crippen LogP contribution in [-0.2, 0) is 6.54 Å². The number of hydrogen-bond donors (Lipinski definition) is 2. The first-order valence-electron chi connectivity index (χ1n) is 8.65. The van der Waals surface area contributed by atoms with E-state index in [9.17, 15) is 14.4 Å². The van der Waals surface area contributed by atoms with Crippen molar-refractivity contribution < 1.29 is 14.4 Å². The molecule has 4 rings (SSSR count). The van der Waals surface area contributed by atoms with Crippen molar-refractivity contribution >= 4 is 29.2 Å². The summed E-state index contributed by atoms with van der Waals surface area (Å²) in [5, 5.41) is 5.42. The molecule has 0 unspecified atom stereocenters. The van der Waals surface area contributed by atoms with Gasteiger partial charge < -0.3 is 10.6 Å². The summed E-state index contributed by atoms with van der Waals surface area (Å²) in [6.07, 6.45) is 3.18. The van der Waals surface area contributed by atoms with Crippen molar-refractivity contribution in [3.05, 3.63) is 89.7 Å². The van der Waals surface area contributed by atoms with Gasteiger partial charge in [0.15, 0.2) is 0 Å². The molecule has 0 spiro atoms. The van der Waals surface area contributed by atoms with Gasteiger partial charge in [-0.15, -0.1) is 0 Å². The SMILES string of the molecule is O=C(NCc1ccc(N2C(=O)c3ccccc3C2=O)cc1)Nc1cccnc1. The number of hydrogen-bond acceptors (Lipinski definition) is 4. The van der Waals surface area contributed by atoms with Crippen LogP contribution in [0, 0.1) is 0 Å². The average molecular weight is 372 g/mol. The maximum absolute atomic E-state index is 12.5. The lowest BCUT2D eigenvalue weighted by molar-refractivity contribution is 0.0926. The van der Waals surface area contributed by atoms with Gasteiger partial charge in [-0.05, 0) is 42.0 Å². The fourth-order valence-corrected chi connectivity index (χ4v) is 2.98. The van der Waals surface area contributed by atoms with Gasteiger partial charge in [-0.3, -0.25) is 14.6 Å². The molecule has 0 saturated carbocycles. The topological polar surface area (TPSA) is 91.4 Å². The molecule has 0 bridgehead atoms. The fourth-order valence-electron chi connectivity index (χ4n) is 2.98. The van der Waals surface area contributed by atoms with Gasteiger partial charge in [0.25, 0.3) is 11.8 Å². The van der Waals surface area contributed by atoms with Crippen molar-refractivity contribution in [3.63, 3.8) is 0 Å². The zero-order valence-electron chi connectivity index (χ0n) is 14.8. The highest BCUT2D eigenvalue weighted by molar-refractivity contribution is 6.34. The largest absolute Gasteiger partial charge is 0.334 e. The molecule has 2 N–H and O–H groups in total. The van der Waals surface area contributed by atoms with Crippen molar-refractivity contribution in [1.82, 2.24) is 10.3 Å². The minimum absolute atomic E-state index is 0.300. The van der Waals surface area contributed by atoms with Crippen molar-refractivity contribution in [3.8, 4) is 0 Å². The maximum Gasteiger partial charge on any atom is 0.319 e. The van der Waals surface area contributed by atoms with Crippen LogP contribution in [0.5, 0.6) is 0 Å². The first-order valence-corrected chi connectivity index (χ1v) is 8.65. The third-order valence-corrected chi connectivity index (χ3v) is 4.36. The van der Waals surface area contributed by atoms with Crippen LogP contribution in [0.3, 0.4) is 0 Å². The molecule has 0 saturated heterocycles. The number of amides is 4. The van der Waals surface area contributed by atoms with E-state index in [2.05, 4.69) is 15.6 Å². The van der Waals surface area contributed by atoms with Gasteiger partial charge in [0.1, 0.15) is 0 Å². The Morgan fingerprint density at radius 2 is 1.57 bits per heavy atom. The van der Waals surface area contributed by atoms with Crippen LogP contribution in [0.2, 0.25) is 0 Å². The molecule has 0 radical (unpaired) electrons. The Kier molecular flexibility index (Phi) is 4.55. The molecule has 28 heavy (non-hydrogen) atoms. The van der Waals surface area contributed by atoms with Crippen LogP contribution in [0.15, 0.2) is 73.1 Å². The molecule has 7 heteroatoms. The van der Waals surface area contributed by atoms with E-state index in [4.69, 9.17) is 0 Å². The van der Waals surface area contributed by atoms with Crippen molar-refractivity contribution in [2.24, 2.45) is 0 Å². The molecule has 0 fully saturated rings. The van der Waals surface area contributed by atoms with Crippen molar-refractivity contribution in [2.75, 3.05) is 10.2 Å². The lowest BCUT2D eigenvalue weighted by atomic mass is 10.1. The van der Waals surface area contributed by atoms with E-state index in [1.54, 1.807) is 73.1 Å². The number of fused-ring (bicyclic) bond motifs is 1. The normalized spacial score (nSPS) is 12.6. The van der Waals surface area contributed by atoms with Crippen molar-refractivity contribution in [1.29, 1.82) is 0 Å². The summed E-state index contributed by atoms with van der Waals surface area (Å²) in [5.41, 5.74) is 2.74. The molecular formula is C21H16N4O3. The molecule has 0 atom stereocenters. The predicted octanol–water partition coefficient (Wildman–Crippen LogP) is 3.20. The number of rotatable bonds is 4. The van der Waals surface area contributed by atoms with Gasteiger partial charge in [-0.1, -0.05) is 24.3 Å². The maximum atomic E-state index is 12.5. The molecule has 1 aliphatic rings. The second-order valence-electron chi connectivity index (χ2n) is 6.21. The van der Waals surface area contributed by atoms with Crippen LogP contribution in [0.25, 0.3) is 0 Å². The van der Waals surface area contributed by atoms with E-state index in [1.165, 1.54) is 0 Å². The molecule has 2 heterocycles. The second-order valence-corrected chi connectivity index (χ2v) is 6.21. The first kappa shape index (κ1) is 17.4. The molecule has 2 aromatic carbocycles. The number of urea groups is 1. The van der Waals surface area contributed by atoms with Gasteiger partial charge in [0.05, 0.1) is 28.7 Å². The highest BCUT2D eigenvalue weighted by Crippen LogP contribution is 2.28. The van der Waals surface area contributed by atoms with Crippen LogP contribution in [0.4, 0.5) is 16.2 Å². The predicted molar refractivity (Wildman–Crippen MR) is 104 cm³/mol. The highest BCUT2D eigenvalue weighted by atomic mass is 16.2. The number of carbonyl (C=O) groups excluding carboxylic acids is 3. The number of imide groups is 1. The number of nitrogens with one attached hydrogen (secondary N) is 2. The lowest BCUT2D eigenvalue weighted by Gasteiger charge is -2.14. The Hall–Kier alpha value is -4.00. The Balaban J connectivity index is 1.40. The molecule has 0 aliphatic carbocycles. The van der Waals surface area contributed by atoms with E-state index >= 15 is 0 Å². The summed E-state index contributed by atoms with van der Waals surface area (Å²) in [6.45, 7) is 0.300. The van der Waals surface area contributed by atoms with Crippen LogP contribution >= 0.6 is 0 Å². The molecule has 138 valence electrons. The standard InChI is InChI=1S/C21H16N4O3/c26-19-17-5-1-2-6-18(17)20(27)25(19)16-9-7-14(8-10-16)12-23-21(28)24-15-4-3-11-22-13-15/h1-11,13H,12H2,(H2,23,24,28). The van der Waals surface area contributed by atoms with E-state index in [0.717, 1.165) is 10.5 Å². The number of aromatic nitrogens is 1. The van der Waals surface area contributed by atoms with E-state index in [1.807, 2.05) is 0 Å². The summed E-state index contributed by atoms with van der Waals surface area (Å²) in [6, 6.07) is 16.8. The Morgan fingerprint density at radius 3 is 2.18 bits per heavy atom. The third-order valence-electron chi connectivity index (χ3n) is 4.36. The summed E-state index contributed by atoms with van der Waals surface area (Å²) in [4.78, 5) is 42.1. The van der Waals surface area contributed by atoms with E-state index in [0.29, 0.717) is 29.0 Å². The number of benzene rings is 2. The zero-order valence-corrected chi connectivity index (χ0v) is 14.8. The minimum Gasteiger partial charge on any atom is -0.334 e. The second kappa shape index (κ2) is 7.32. The summed E-state index contributed by atoms with van der Waals surface area (Å²) >= 11 is 0.